The molecular formula is C17H26N6O2. The molecule has 3 heterocycles. The standard InChI is InChI=1S/C17H26N6O2/c1-11(24)19-8-15(25)23-7-4-12(9-23)16-20-14-10-22(3)6-5-13(14)17(18-2)21-16/h12H,4-10H2,1-3H3,(H,19,24)(H,18,20,21)/t12-/m0/s1. The summed E-state index contributed by atoms with van der Waals surface area (Å²) in [5.41, 5.74) is 2.30. The molecule has 1 fully saturated rings. The number of likely N-dealkylation sites (tertiary alicyclic amines) is 1. The van der Waals surface area contributed by atoms with E-state index in [1.54, 1.807) is 4.90 Å². The van der Waals surface area contributed by atoms with E-state index in [0.717, 1.165) is 43.3 Å². The van der Waals surface area contributed by atoms with E-state index in [-0.39, 0.29) is 24.3 Å². The van der Waals surface area contributed by atoms with E-state index in [1.165, 1.54) is 12.5 Å². The Kier molecular flexibility index (Phi) is 5.17. The predicted octanol–water partition coefficient (Wildman–Crippen LogP) is -0.0418. The molecular weight excluding hydrogens is 320 g/mol. The molecule has 2 aliphatic rings. The van der Waals surface area contributed by atoms with Crippen molar-refractivity contribution in [1.29, 1.82) is 0 Å². The largest absolute Gasteiger partial charge is 0.373 e. The Morgan fingerprint density at radius 3 is 2.80 bits per heavy atom. The fourth-order valence-corrected chi connectivity index (χ4v) is 3.48. The monoisotopic (exact) mass is 346 g/mol. The summed E-state index contributed by atoms with van der Waals surface area (Å²) < 4.78 is 0. The van der Waals surface area contributed by atoms with Crippen LogP contribution < -0.4 is 10.6 Å². The zero-order valence-corrected chi connectivity index (χ0v) is 15.1. The normalized spacial score (nSPS) is 20.3. The molecule has 1 saturated heterocycles. The third-order valence-electron chi connectivity index (χ3n) is 4.90. The highest BCUT2D eigenvalue weighted by Crippen LogP contribution is 2.29. The molecule has 3 rings (SSSR count). The molecule has 0 aromatic carbocycles. The maximum Gasteiger partial charge on any atom is 0.241 e. The Bertz CT molecular complexity index is 677. The van der Waals surface area contributed by atoms with E-state index >= 15 is 0 Å². The van der Waals surface area contributed by atoms with Gasteiger partial charge in [-0.2, -0.15) is 0 Å². The second kappa shape index (κ2) is 7.35. The smallest absolute Gasteiger partial charge is 0.241 e. The lowest BCUT2D eigenvalue weighted by molar-refractivity contribution is -0.131. The van der Waals surface area contributed by atoms with Crippen LogP contribution in [-0.2, 0) is 22.6 Å². The van der Waals surface area contributed by atoms with Crippen molar-refractivity contribution in [3.63, 3.8) is 0 Å². The third kappa shape index (κ3) is 3.89. The Labute approximate surface area is 148 Å². The summed E-state index contributed by atoms with van der Waals surface area (Å²) in [6.07, 6.45) is 1.80. The van der Waals surface area contributed by atoms with Gasteiger partial charge in [0.25, 0.3) is 0 Å². The Hall–Kier alpha value is -2.22. The number of amides is 2. The van der Waals surface area contributed by atoms with Gasteiger partial charge in [-0.05, 0) is 19.9 Å². The first-order valence-electron chi connectivity index (χ1n) is 8.76. The number of carbonyl (C=O) groups excluding carboxylic acids is 2. The minimum Gasteiger partial charge on any atom is -0.373 e. The van der Waals surface area contributed by atoms with Crippen LogP contribution in [0.25, 0.3) is 0 Å². The van der Waals surface area contributed by atoms with Gasteiger partial charge >= 0.3 is 0 Å². The molecule has 25 heavy (non-hydrogen) atoms. The quantitative estimate of drug-likeness (QED) is 0.795. The van der Waals surface area contributed by atoms with Gasteiger partial charge in [-0.3, -0.25) is 9.59 Å². The lowest BCUT2D eigenvalue weighted by Gasteiger charge is -2.26. The van der Waals surface area contributed by atoms with Gasteiger partial charge in [0.15, 0.2) is 0 Å². The van der Waals surface area contributed by atoms with Crippen LogP contribution in [0.5, 0.6) is 0 Å². The topological polar surface area (TPSA) is 90.5 Å². The lowest BCUT2D eigenvalue weighted by atomic mass is 10.0. The number of nitrogens with one attached hydrogen (secondary N) is 2. The molecule has 2 aliphatic heterocycles. The van der Waals surface area contributed by atoms with E-state index < -0.39 is 0 Å². The maximum atomic E-state index is 12.2. The van der Waals surface area contributed by atoms with Gasteiger partial charge in [-0.25, -0.2) is 9.97 Å². The predicted molar refractivity (Wildman–Crippen MR) is 94.2 cm³/mol. The number of likely N-dealkylation sites (N-methyl/N-ethyl adjacent to an activating group) is 1. The summed E-state index contributed by atoms with van der Waals surface area (Å²) in [5, 5.41) is 5.77. The average Bonchev–Trinajstić information content (AvgIpc) is 3.08. The zero-order chi connectivity index (χ0) is 18.0. The van der Waals surface area contributed by atoms with Crippen molar-refractivity contribution in [2.75, 3.05) is 45.6 Å². The first-order chi connectivity index (χ1) is 12.0. The van der Waals surface area contributed by atoms with Crippen molar-refractivity contribution in [3.8, 4) is 0 Å². The molecule has 2 N–H and O–H groups in total. The van der Waals surface area contributed by atoms with Gasteiger partial charge in [-0.15, -0.1) is 0 Å². The molecule has 1 atom stereocenters. The Morgan fingerprint density at radius 2 is 2.08 bits per heavy atom. The zero-order valence-electron chi connectivity index (χ0n) is 15.1. The number of hydrogen-bond donors (Lipinski definition) is 2. The molecule has 1 aromatic heterocycles. The van der Waals surface area contributed by atoms with Gasteiger partial charge in [0.2, 0.25) is 11.8 Å². The van der Waals surface area contributed by atoms with Crippen molar-refractivity contribution in [2.24, 2.45) is 0 Å². The van der Waals surface area contributed by atoms with Gasteiger partial charge in [0.1, 0.15) is 11.6 Å². The number of nitrogens with zero attached hydrogens (tertiary/aromatic N) is 4. The van der Waals surface area contributed by atoms with Crippen molar-refractivity contribution in [1.82, 2.24) is 25.1 Å². The van der Waals surface area contributed by atoms with Crippen LogP contribution in [0.2, 0.25) is 0 Å². The highest BCUT2D eigenvalue weighted by Gasteiger charge is 2.31. The molecule has 0 unspecified atom stereocenters. The van der Waals surface area contributed by atoms with Gasteiger partial charge in [0.05, 0.1) is 12.2 Å². The van der Waals surface area contributed by atoms with Crippen molar-refractivity contribution < 1.29 is 9.59 Å². The summed E-state index contributed by atoms with van der Waals surface area (Å²) in [6.45, 7) is 4.60. The van der Waals surface area contributed by atoms with Gasteiger partial charge in [0, 0.05) is 51.6 Å². The minimum absolute atomic E-state index is 0.0516. The van der Waals surface area contributed by atoms with Crippen LogP contribution in [0.1, 0.15) is 36.3 Å². The molecule has 0 spiro atoms. The third-order valence-corrected chi connectivity index (χ3v) is 4.90. The second-order valence-electron chi connectivity index (χ2n) is 6.83. The van der Waals surface area contributed by atoms with Crippen molar-refractivity contribution in [2.45, 2.75) is 32.2 Å². The minimum atomic E-state index is -0.190. The molecule has 1 aromatic rings. The second-order valence-corrected chi connectivity index (χ2v) is 6.83. The maximum absolute atomic E-state index is 12.2. The van der Waals surface area contributed by atoms with E-state index in [0.29, 0.717) is 13.1 Å². The van der Waals surface area contributed by atoms with Crippen LogP contribution in [-0.4, -0.2) is 71.9 Å². The molecule has 0 bridgehead atoms. The van der Waals surface area contributed by atoms with Crippen molar-refractivity contribution in [3.05, 3.63) is 17.1 Å². The van der Waals surface area contributed by atoms with Crippen LogP contribution in [0.3, 0.4) is 0 Å². The van der Waals surface area contributed by atoms with Crippen molar-refractivity contribution >= 4 is 17.6 Å². The number of rotatable bonds is 4. The molecule has 2 amide bonds. The average molecular weight is 346 g/mol. The molecule has 0 aliphatic carbocycles. The summed E-state index contributed by atoms with van der Waals surface area (Å²) in [6, 6.07) is 0. The Morgan fingerprint density at radius 1 is 1.28 bits per heavy atom. The number of hydrogen-bond acceptors (Lipinski definition) is 6. The van der Waals surface area contributed by atoms with E-state index in [1.807, 2.05) is 7.05 Å². The first-order valence-corrected chi connectivity index (χ1v) is 8.76. The lowest BCUT2D eigenvalue weighted by Crippen LogP contribution is -2.38. The van der Waals surface area contributed by atoms with E-state index in [4.69, 9.17) is 9.97 Å². The summed E-state index contributed by atoms with van der Waals surface area (Å²) in [7, 11) is 3.99. The molecule has 136 valence electrons. The SMILES string of the molecule is CNc1nc([C@H]2CCN(C(=O)CNC(C)=O)C2)nc2c1CCN(C)C2. The van der Waals surface area contributed by atoms with Gasteiger partial charge in [-0.1, -0.05) is 0 Å². The molecule has 0 saturated carbocycles. The number of carbonyl (C=O) groups is 2. The molecule has 0 radical (unpaired) electrons. The number of fused-ring (bicyclic) bond motifs is 1. The fourth-order valence-electron chi connectivity index (χ4n) is 3.48. The van der Waals surface area contributed by atoms with Crippen LogP contribution in [0, 0.1) is 0 Å². The highest BCUT2D eigenvalue weighted by atomic mass is 16.2. The number of anilines is 1. The van der Waals surface area contributed by atoms with Gasteiger partial charge < -0.3 is 20.4 Å². The summed E-state index contributed by atoms with van der Waals surface area (Å²) in [5.74, 6) is 1.63. The van der Waals surface area contributed by atoms with E-state index in [9.17, 15) is 9.59 Å². The number of aromatic nitrogens is 2. The Balaban J connectivity index is 1.73. The fraction of sp³-hybridized carbons (Fsp3) is 0.647. The summed E-state index contributed by atoms with van der Waals surface area (Å²) >= 11 is 0. The van der Waals surface area contributed by atoms with Crippen LogP contribution >= 0.6 is 0 Å². The molecule has 8 nitrogen and oxygen atoms in total. The highest BCUT2D eigenvalue weighted by molar-refractivity contribution is 5.83. The molecule has 8 heteroatoms. The van der Waals surface area contributed by atoms with Crippen LogP contribution in [0.4, 0.5) is 5.82 Å². The van der Waals surface area contributed by atoms with E-state index in [2.05, 4.69) is 22.6 Å². The van der Waals surface area contributed by atoms with Crippen LogP contribution in [0.15, 0.2) is 0 Å². The first kappa shape index (κ1) is 17.6. The summed E-state index contributed by atoms with van der Waals surface area (Å²) in [4.78, 5) is 36.7.